The molecule has 3 rings (SSSR count). The Hall–Kier alpha value is -2.43. The number of esters is 1. The molecule has 5 heteroatoms. The van der Waals surface area contributed by atoms with Crippen molar-refractivity contribution in [1.29, 1.82) is 0 Å². The first kappa shape index (κ1) is 14.5. The largest absolute Gasteiger partial charge is 0.462 e. The van der Waals surface area contributed by atoms with Crippen LogP contribution in [0.4, 0.5) is 11.5 Å². The molecule has 0 saturated carbocycles. The minimum absolute atomic E-state index is 0.300. The van der Waals surface area contributed by atoms with Crippen molar-refractivity contribution in [3.8, 4) is 0 Å². The van der Waals surface area contributed by atoms with Gasteiger partial charge in [0.15, 0.2) is 5.82 Å². The second-order valence-corrected chi connectivity index (χ2v) is 5.32. The van der Waals surface area contributed by atoms with Gasteiger partial charge in [-0.05, 0) is 44.4 Å². The number of para-hydroxylation sites is 1. The standard InChI is InChI=1S/C17H19N3O2/c1-3-22-17(21)14-7-4-5-9-15(14)20-10-6-8-13-12(2)11-18-19-16(13)20/h4-5,7,9,11H,3,6,8,10H2,1-2H3. The van der Waals surface area contributed by atoms with Crippen LogP contribution in [-0.2, 0) is 11.2 Å². The summed E-state index contributed by atoms with van der Waals surface area (Å²) in [4.78, 5) is 14.3. The predicted molar refractivity (Wildman–Crippen MR) is 84.5 cm³/mol. The number of carbonyl (C=O) groups is 1. The molecule has 0 spiro atoms. The summed E-state index contributed by atoms with van der Waals surface area (Å²) in [7, 11) is 0. The Morgan fingerprint density at radius 1 is 1.36 bits per heavy atom. The molecule has 2 aromatic rings. The minimum Gasteiger partial charge on any atom is -0.462 e. The molecule has 22 heavy (non-hydrogen) atoms. The first-order valence-electron chi connectivity index (χ1n) is 7.57. The van der Waals surface area contributed by atoms with Crippen LogP contribution < -0.4 is 4.90 Å². The van der Waals surface area contributed by atoms with Crippen LogP contribution in [0.15, 0.2) is 30.5 Å². The van der Waals surface area contributed by atoms with Crippen LogP contribution >= 0.6 is 0 Å². The fourth-order valence-corrected chi connectivity index (χ4v) is 2.86. The lowest BCUT2D eigenvalue weighted by Gasteiger charge is -2.31. The average molecular weight is 297 g/mol. The zero-order valence-electron chi connectivity index (χ0n) is 12.9. The third-order valence-electron chi connectivity index (χ3n) is 3.90. The van der Waals surface area contributed by atoms with Crippen molar-refractivity contribution in [3.63, 3.8) is 0 Å². The normalized spacial score (nSPS) is 13.6. The summed E-state index contributed by atoms with van der Waals surface area (Å²) < 4.78 is 5.17. The SMILES string of the molecule is CCOC(=O)c1ccccc1N1CCCc2c(C)cnnc21. The van der Waals surface area contributed by atoms with Crippen LogP contribution in [0.1, 0.15) is 34.8 Å². The first-order chi connectivity index (χ1) is 10.7. The van der Waals surface area contributed by atoms with E-state index >= 15 is 0 Å². The van der Waals surface area contributed by atoms with Gasteiger partial charge in [-0.15, -0.1) is 5.10 Å². The monoisotopic (exact) mass is 297 g/mol. The van der Waals surface area contributed by atoms with Crippen molar-refractivity contribution in [2.75, 3.05) is 18.1 Å². The van der Waals surface area contributed by atoms with Crippen LogP contribution in [0, 0.1) is 6.92 Å². The molecule has 0 bridgehead atoms. The Morgan fingerprint density at radius 3 is 3.00 bits per heavy atom. The number of anilines is 2. The van der Waals surface area contributed by atoms with E-state index in [2.05, 4.69) is 15.1 Å². The summed E-state index contributed by atoms with van der Waals surface area (Å²) in [5.41, 5.74) is 3.76. The van der Waals surface area contributed by atoms with Gasteiger partial charge in [-0.3, -0.25) is 0 Å². The molecule has 1 aromatic carbocycles. The van der Waals surface area contributed by atoms with Crippen molar-refractivity contribution in [2.24, 2.45) is 0 Å². The molecule has 5 nitrogen and oxygen atoms in total. The Kier molecular flexibility index (Phi) is 4.04. The molecular formula is C17H19N3O2. The van der Waals surface area contributed by atoms with Crippen molar-refractivity contribution < 1.29 is 9.53 Å². The molecule has 0 atom stereocenters. The van der Waals surface area contributed by atoms with Gasteiger partial charge in [0.2, 0.25) is 0 Å². The molecule has 114 valence electrons. The van der Waals surface area contributed by atoms with E-state index in [-0.39, 0.29) is 5.97 Å². The van der Waals surface area contributed by atoms with E-state index in [1.807, 2.05) is 32.0 Å². The van der Waals surface area contributed by atoms with Crippen LogP contribution in [0.5, 0.6) is 0 Å². The van der Waals surface area contributed by atoms with Crippen LogP contribution in [0.3, 0.4) is 0 Å². The highest BCUT2D eigenvalue weighted by Gasteiger charge is 2.25. The summed E-state index contributed by atoms with van der Waals surface area (Å²) in [6.07, 6.45) is 3.81. The maximum absolute atomic E-state index is 12.2. The van der Waals surface area contributed by atoms with E-state index < -0.39 is 0 Å². The summed E-state index contributed by atoms with van der Waals surface area (Å²) in [6, 6.07) is 7.51. The van der Waals surface area contributed by atoms with E-state index in [4.69, 9.17) is 4.74 Å². The van der Waals surface area contributed by atoms with Crippen molar-refractivity contribution in [1.82, 2.24) is 10.2 Å². The third-order valence-corrected chi connectivity index (χ3v) is 3.90. The fraction of sp³-hybridized carbons (Fsp3) is 0.353. The lowest BCUT2D eigenvalue weighted by molar-refractivity contribution is 0.0527. The van der Waals surface area contributed by atoms with E-state index in [1.54, 1.807) is 12.3 Å². The van der Waals surface area contributed by atoms with Gasteiger partial charge in [0, 0.05) is 12.1 Å². The quantitative estimate of drug-likeness (QED) is 0.815. The van der Waals surface area contributed by atoms with Gasteiger partial charge >= 0.3 is 5.97 Å². The van der Waals surface area contributed by atoms with E-state index in [0.717, 1.165) is 36.5 Å². The molecule has 0 fully saturated rings. The number of nitrogens with zero attached hydrogens (tertiary/aromatic N) is 3. The number of aryl methyl sites for hydroxylation is 1. The lowest BCUT2D eigenvalue weighted by Crippen LogP contribution is -2.28. The highest BCUT2D eigenvalue weighted by Crippen LogP contribution is 2.34. The maximum atomic E-state index is 12.2. The predicted octanol–water partition coefficient (Wildman–Crippen LogP) is 3.05. The zero-order valence-corrected chi connectivity index (χ0v) is 12.9. The molecule has 0 radical (unpaired) electrons. The van der Waals surface area contributed by atoms with Crippen LogP contribution in [0.25, 0.3) is 0 Å². The molecule has 0 N–H and O–H groups in total. The highest BCUT2D eigenvalue weighted by atomic mass is 16.5. The number of ether oxygens (including phenoxy) is 1. The summed E-state index contributed by atoms with van der Waals surface area (Å²) in [5, 5.41) is 8.38. The maximum Gasteiger partial charge on any atom is 0.340 e. The highest BCUT2D eigenvalue weighted by molar-refractivity contribution is 5.97. The molecule has 0 saturated heterocycles. The Labute approximate surface area is 129 Å². The number of aromatic nitrogens is 2. The molecule has 0 unspecified atom stereocenters. The number of hydrogen-bond acceptors (Lipinski definition) is 5. The van der Waals surface area contributed by atoms with Crippen LogP contribution in [0.2, 0.25) is 0 Å². The smallest absolute Gasteiger partial charge is 0.340 e. The summed E-state index contributed by atoms with van der Waals surface area (Å²) in [6.45, 7) is 5.05. The van der Waals surface area contributed by atoms with Gasteiger partial charge in [0.25, 0.3) is 0 Å². The number of fused-ring (bicyclic) bond motifs is 1. The van der Waals surface area contributed by atoms with Crippen LogP contribution in [-0.4, -0.2) is 29.3 Å². The molecule has 0 aliphatic carbocycles. The third kappa shape index (κ3) is 2.54. The fourth-order valence-electron chi connectivity index (χ4n) is 2.86. The lowest BCUT2D eigenvalue weighted by atomic mass is 10.0. The van der Waals surface area contributed by atoms with Gasteiger partial charge in [0.1, 0.15) is 0 Å². The number of rotatable bonds is 3. The van der Waals surface area contributed by atoms with E-state index in [9.17, 15) is 4.79 Å². The number of benzene rings is 1. The van der Waals surface area contributed by atoms with Gasteiger partial charge in [-0.1, -0.05) is 12.1 Å². The molecule has 2 heterocycles. The molecule has 1 aliphatic rings. The second kappa shape index (κ2) is 6.13. The van der Waals surface area contributed by atoms with Gasteiger partial charge in [0.05, 0.1) is 24.1 Å². The van der Waals surface area contributed by atoms with Crippen molar-refractivity contribution >= 4 is 17.5 Å². The molecular weight excluding hydrogens is 278 g/mol. The van der Waals surface area contributed by atoms with Gasteiger partial charge < -0.3 is 9.64 Å². The Balaban J connectivity index is 2.07. The molecule has 1 aliphatic heterocycles. The summed E-state index contributed by atoms with van der Waals surface area (Å²) >= 11 is 0. The Bertz CT molecular complexity index is 700. The van der Waals surface area contributed by atoms with Gasteiger partial charge in [-0.25, -0.2) is 4.79 Å². The summed E-state index contributed by atoms with van der Waals surface area (Å²) in [5.74, 6) is 0.550. The first-order valence-corrected chi connectivity index (χ1v) is 7.57. The number of hydrogen-bond donors (Lipinski definition) is 0. The minimum atomic E-state index is -0.300. The Morgan fingerprint density at radius 2 is 2.18 bits per heavy atom. The number of carbonyl (C=O) groups excluding carboxylic acids is 1. The van der Waals surface area contributed by atoms with Crippen molar-refractivity contribution in [2.45, 2.75) is 26.7 Å². The van der Waals surface area contributed by atoms with E-state index in [1.165, 1.54) is 5.56 Å². The topological polar surface area (TPSA) is 55.3 Å². The van der Waals surface area contributed by atoms with Gasteiger partial charge in [-0.2, -0.15) is 5.10 Å². The molecule has 1 aromatic heterocycles. The molecule has 0 amide bonds. The average Bonchev–Trinajstić information content (AvgIpc) is 2.55. The second-order valence-electron chi connectivity index (χ2n) is 5.32. The van der Waals surface area contributed by atoms with Crippen molar-refractivity contribution in [3.05, 3.63) is 47.2 Å². The zero-order chi connectivity index (χ0) is 15.5. The van der Waals surface area contributed by atoms with E-state index in [0.29, 0.717) is 12.2 Å².